The summed E-state index contributed by atoms with van der Waals surface area (Å²) in [6.07, 6.45) is 7.75. The van der Waals surface area contributed by atoms with Gasteiger partial charge in [-0.2, -0.15) is 0 Å². The van der Waals surface area contributed by atoms with Crippen LogP contribution in [0.4, 0.5) is 5.82 Å². The minimum Gasteiger partial charge on any atom is -0.352 e. The van der Waals surface area contributed by atoms with Crippen molar-refractivity contribution < 1.29 is 9.36 Å². The zero-order chi connectivity index (χ0) is 19.7. The van der Waals surface area contributed by atoms with Gasteiger partial charge < -0.3 is 11.1 Å². The van der Waals surface area contributed by atoms with Gasteiger partial charge in [-0.1, -0.05) is 24.4 Å². The Kier molecular flexibility index (Phi) is 4.98. The number of rotatable bonds is 5. The van der Waals surface area contributed by atoms with Gasteiger partial charge in [0.25, 0.3) is 17.1 Å². The van der Waals surface area contributed by atoms with Crippen molar-refractivity contribution in [3.63, 3.8) is 0 Å². The molecule has 3 heterocycles. The molecule has 7 heteroatoms. The fraction of sp³-hybridized carbons (Fsp3) is 0.429. The third kappa shape index (κ3) is 3.10. The van der Waals surface area contributed by atoms with Gasteiger partial charge in [0.05, 0.1) is 6.04 Å². The van der Waals surface area contributed by atoms with E-state index in [2.05, 4.69) is 12.2 Å². The fourth-order valence-corrected chi connectivity index (χ4v) is 4.05. The molecule has 1 fully saturated rings. The minimum absolute atomic E-state index is 0.156. The number of fused-ring (bicyclic) bond motifs is 2. The van der Waals surface area contributed by atoms with E-state index in [1.165, 1.54) is 4.40 Å². The van der Waals surface area contributed by atoms with Crippen molar-refractivity contribution in [1.82, 2.24) is 14.7 Å². The molecule has 28 heavy (non-hydrogen) atoms. The molecule has 1 amide bonds. The Bertz CT molecular complexity index is 1100. The summed E-state index contributed by atoms with van der Waals surface area (Å²) in [5.41, 5.74) is 7.78. The van der Waals surface area contributed by atoms with Crippen LogP contribution in [-0.4, -0.2) is 21.8 Å². The quantitative estimate of drug-likeness (QED) is 0.404. The van der Waals surface area contributed by atoms with Crippen molar-refractivity contribution in [2.24, 2.45) is 0 Å². The highest BCUT2D eigenvalue weighted by Gasteiger charge is 2.30. The van der Waals surface area contributed by atoms with Crippen molar-refractivity contribution >= 4 is 28.4 Å². The van der Waals surface area contributed by atoms with Crippen LogP contribution in [0.25, 0.3) is 16.7 Å². The topological polar surface area (TPSA) is 93.4 Å². The van der Waals surface area contributed by atoms with E-state index in [4.69, 9.17) is 10.7 Å². The Labute approximate surface area is 163 Å². The number of carbonyl (C=O) groups excluding carboxylic acids is 1. The molecule has 0 aliphatic heterocycles. The number of nitrogens with one attached hydrogen (secondary N) is 1. The molecule has 0 aromatic carbocycles. The van der Waals surface area contributed by atoms with Gasteiger partial charge in [0.2, 0.25) is 11.5 Å². The molecule has 0 atom stereocenters. The number of anilines is 1. The molecule has 0 unspecified atom stereocenters. The summed E-state index contributed by atoms with van der Waals surface area (Å²) in [5, 5.41) is 3.34. The summed E-state index contributed by atoms with van der Waals surface area (Å²) in [4.78, 5) is 30.7. The van der Waals surface area contributed by atoms with E-state index in [-0.39, 0.29) is 17.5 Å². The fourth-order valence-electron chi connectivity index (χ4n) is 4.05. The van der Waals surface area contributed by atoms with Gasteiger partial charge in [-0.25, -0.2) is 4.57 Å². The number of pyridine rings is 2. The number of hydrogen-bond acceptors (Lipinski definition) is 4. The molecule has 0 saturated heterocycles. The molecule has 7 nitrogen and oxygen atoms in total. The maximum absolute atomic E-state index is 13.1. The standard InChI is InChI=1S/C21H25N5O2/c1-2-3-11-23-20(27)15-13-16-19(26(18(15)22)14-8-4-5-9-14)24-17-10-6-7-12-25(17)21(16)28/h6-7,10,12-14,22H,2-5,8-9,11H2,1H3,(H,23,27)/p+1. The second kappa shape index (κ2) is 7.58. The average molecular weight is 380 g/mol. The molecule has 1 saturated carbocycles. The first-order chi connectivity index (χ1) is 13.6. The minimum atomic E-state index is -0.239. The van der Waals surface area contributed by atoms with Crippen molar-refractivity contribution in [2.75, 3.05) is 12.3 Å². The Morgan fingerprint density at radius 2 is 2.14 bits per heavy atom. The highest BCUT2D eigenvalue weighted by molar-refractivity contribution is 6.00. The van der Waals surface area contributed by atoms with Crippen LogP contribution in [0, 0.1) is 0 Å². The Morgan fingerprint density at radius 3 is 2.89 bits per heavy atom. The summed E-state index contributed by atoms with van der Waals surface area (Å²) in [6.45, 7) is 2.66. The van der Waals surface area contributed by atoms with E-state index < -0.39 is 0 Å². The molecule has 4 rings (SSSR count). The molecule has 1 aliphatic rings. The second-order valence-electron chi connectivity index (χ2n) is 7.44. The molecule has 3 N–H and O–H groups in total. The third-order valence-corrected chi connectivity index (χ3v) is 5.55. The van der Waals surface area contributed by atoms with Gasteiger partial charge in [-0.05, 0) is 50.3 Å². The van der Waals surface area contributed by atoms with Crippen LogP contribution in [0.15, 0.2) is 35.3 Å². The third-order valence-electron chi connectivity index (χ3n) is 5.55. The number of amides is 1. The molecule has 1 aliphatic carbocycles. The molecular formula is C21H26N5O2+. The van der Waals surface area contributed by atoms with Gasteiger partial charge in [0.1, 0.15) is 10.9 Å². The number of hydrogen-bond donors (Lipinski definition) is 2. The normalized spacial score (nSPS) is 14.8. The Morgan fingerprint density at radius 1 is 1.36 bits per heavy atom. The van der Waals surface area contributed by atoms with E-state index in [1.54, 1.807) is 24.4 Å². The summed E-state index contributed by atoms with van der Waals surface area (Å²) in [6, 6.07) is 7.21. The first-order valence-electron chi connectivity index (χ1n) is 10.0. The van der Waals surface area contributed by atoms with Crippen molar-refractivity contribution in [3.05, 3.63) is 46.4 Å². The second-order valence-corrected chi connectivity index (χ2v) is 7.44. The van der Waals surface area contributed by atoms with Crippen LogP contribution >= 0.6 is 0 Å². The summed E-state index contributed by atoms with van der Waals surface area (Å²) in [7, 11) is 0. The molecule has 3 aromatic heterocycles. The number of carbonyl (C=O) groups is 1. The first-order valence-corrected chi connectivity index (χ1v) is 10.0. The lowest BCUT2D eigenvalue weighted by molar-refractivity contribution is -0.685. The highest BCUT2D eigenvalue weighted by Crippen LogP contribution is 2.28. The maximum Gasteiger partial charge on any atom is 0.278 e. The van der Waals surface area contributed by atoms with Gasteiger partial charge in [-0.3, -0.25) is 14.0 Å². The Hall–Kier alpha value is -2.96. The SMILES string of the molecule is CCCCNC(=O)c1cc2c(=O)n3ccccc3nc2[n+](C2CCCC2)c1N. The van der Waals surface area contributed by atoms with Gasteiger partial charge in [0.15, 0.2) is 0 Å². The largest absolute Gasteiger partial charge is 0.352 e. The maximum atomic E-state index is 13.1. The van der Waals surface area contributed by atoms with Crippen LogP contribution in [-0.2, 0) is 0 Å². The van der Waals surface area contributed by atoms with Gasteiger partial charge in [0, 0.05) is 12.7 Å². The lowest BCUT2D eigenvalue weighted by Gasteiger charge is -2.16. The lowest BCUT2D eigenvalue weighted by atomic mass is 10.1. The van der Waals surface area contributed by atoms with E-state index in [0.717, 1.165) is 38.5 Å². The molecule has 146 valence electrons. The number of nitrogen functional groups attached to an aromatic ring is 1. The van der Waals surface area contributed by atoms with Crippen molar-refractivity contribution in [2.45, 2.75) is 51.5 Å². The molecule has 0 bridgehead atoms. The number of nitrogens with two attached hydrogens (primary N) is 1. The first kappa shape index (κ1) is 18.4. The van der Waals surface area contributed by atoms with Crippen molar-refractivity contribution in [3.8, 4) is 0 Å². The number of aromatic nitrogens is 3. The van der Waals surface area contributed by atoms with Gasteiger partial charge >= 0.3 is 0 Å². The van der Waals surface area contributed by atoms with E-state index in [1.807, 2.05) is 10.6 Å². The predicted octanol–water partition coefficient (Wildman–Crippen LogP) is 2.36. The molecular weight excluding hydrogens is 354 g/mol. The van der Waals surface area contributed by atoms with Crippen LogP contribution in [0.3, 0.4) is 0 Å². The van der Waals surface area contributed by atoms with E-state index in [0.29, 0.717) is 34.6 Å². The van der Waals surface area contributed by atoms with Crippen LogP contribution in [0.5, 0.6) is 0 Å². The summed E-state index contributed by atoms with van der Waals surface area (Å²) in [5.74, 6) is 0.151. The van der Waals surface area contributed by atoms with Crippen LogP contribution in [0.1, 0.15) is 61.8 Å². The van der Waals surface area contributed by atoms with E-state index >= 15 is 0 Å². The highest BCUT2D eigenvalue weighted by atomic mass is 16.1. The predicted molar refractivity (Wildman–Crippen MR) is 108 cm³/mol. The summed E-state index contributed by atoms with van der Waals surface area (Å²) < 4.78 is 3.43. The zero-order valence-electron chi connectivity index (χ0n) is 16.1. The monoisotopic (exact) mass is 380 g/mol. The lowest BCUT2D eigenvalue weighted by Crippen LogP contribution is -2.45. The van der Waals surface area contributed by atoms with Crippen molar-refractivity contribution in [1.29, 1.82) is 0 Å². The number of nitrogens with zero attached hydrogens (tertiary/aromatic N) is 3. The number of unbranched alkanes of at least 4 members (excludes halogenated alkanes) is 1. The van der Waals surface area contributed by atoms with Crippen LogP contribution < -0.4 is 21.2 Å². The van der Waals surface area contributed by atoms with E-state index in [9.17, 15) is 9.59 Å². The smallest absolute Gasteiger partial charge is 0.278 e. The van der Waals surface area contributed by atoms with Gasteiger partial charge in [-0.15, -0.1) is 0 Å². The zero-order valence-corrected chi connectivity index (χ0v) is 16.1. The average Bonchev–Trinajstić information content (AvgIpc) is 3.22. The summed E-state index contributed by atoms with van der Waals surface area (Å²) >= 11 is 0. The molecule has 0 radical (unpaired) electrons. The molecule has 0 spiro atoms. The molecule has 3 aromatic rings. The van der Waals surface area contributed by atoms with Crippen LogP contribution in [0.2, 0.25) is 0 Å². The Balaban J connectivity index is 1.97.